The Hall–Kier alpha value is -6.85. The van der Waals surface area contributed by atoms with Crippen LogP contribution in [0.4, 0.5) is 17.1 Å². The number of aromatic nitrogens is 3. The van der Waals surface area contributed by atoms with E-state index < -0.39 is 0 Å². The zero-order chi connectivity index (χ0) is 33.0. The van der Waals surface area contributed by atoms with Crippen LogP contribution in [-0.2, 0) is 0 Å². The van der Waals surface area contributed by atoms with Crippen LogP contribution in [0.1, 0.15) is 0 Å². The van der Waals surface area contributed by atoms with E-state index >= 15 is 0 Å². The number of para-hydroxylation sites is 1. The lowest BCUT2D eigenvalue weighted by Crippen LogP contribution is -2.10. The minimum Gasteiger partial charge on any atom is -0.456 e. The van der Waals surface area contributed by atoms with Crippen LogP contribution in [0.15, 0.2) is 174 Å². The van der Waals surface area contributed by atoms with Crippen molar-refractivity contribution < 1.29 is 4.42 Å². The van der Waals surface area contributed by atoms with Gasteiger partial charge in [0.1, 0.15) is 11.2 Å². The van der Waals surface area contributed by atoms with Crippen molar-refractivity contribution in [2.45, 2.75) is 0 Å². The van der Waals surface area contributed by atoms with E-state index in [1.807, 2.05) is 42.5 Å². The van der Waals surface area contributed by atoms with Crippen LogP contribution in [0.2, 0.25) is 0 Å². The van der Waals surface area contributed by atoms with E-state index in [-0.39, 0.29) is 0 Å². The van der Waals surface area contributed by atoms with Crippen LogP contribution in [0.3, 0.4) is 0 Å². The van der Waals surface area contributed by atoms with Gasteiger partial charge in [0.25, 0.3) is 0 Å². The first kappa shape index (κ1) is 28.2. The number of benzene rings is 7. The second-order valence-electron chi connectivity index (χ2n) is 12.5. The molecule has 0 amide bonds. The van der Waals surface area contributed by atoms with Crippen LogP contribution in [0, 0.1) is 0 Å². The second kappa shape index (κ2) is 11.4. The zero-order valence-corrected chi connectivity index (χ0v) is 26.9. The van der Waals surface area contributed by atoms with Crippen molar-refractivity contribution in [2.75, 3.05) is 4.90 Å². The molecule has 5 nitrogen and oxygen atoms in total. The molecule has 0 radical (unpaired) electrons. The molecule has 10 rings (SSSR count). The lowest BCUT2D eigenvalue weighted by Gasteiger charge is -2.27. The van der Waals surface area contributed by atoms with Gasteiger partial charge in [0.2, 0.25) is 0 Å². The van der Waals surface area contributed by atoms with Gasteiger partial charge in [-0.2, -0.15) is 0 Å². The van der Waals surface area contributed by atoms with Gasteiger partial charge >= 0.3 is 0 Å². The maximum absolute atomic E-state index is 6.21. The maximum atomic E-state index is 6.21. The van der Waals surface area contributed by atoms with Crippen molar-refractivity contribution in [2.24, 2.45) is 0 Å². The Bertz CT molecular complexity index is 2620. The molecule has 234 valence electrons. The van der Waals surface area contributed by atoms with Gasteiger partial charge in [-0.15, -0.1) is 0 Å². The molecule has 10 bridgehead atoms. The van der Waals surface area contributed by atoms with Crippen molar-refractivity contribution in [3.8, 4) is 56.4 Å². The predicted molar refractivity (Wildman–Crippen MR) is 203 cm³/mol. The van der Waals surface area contributed by atoms with E-state index in [0.717, 1.165) is 77.9 Å². The van der Waals surface area contributed by atoms with Gasteiger partial charge in [-0.3, -0.25) is 0 Å². The first-order valence-electron chi connectivity index (χ1n) is 16.7. The summed E-state index contributed by atoms with van der Waals surface area (Å²) in [6.45, 7) is 0. The Kier molecular flexibility index (Phi) is 6.42. The predicted octanol–water partition coefficient (Wildman–Crippen LogP) is 11.9. The van der Waals surface area contributed by atoms with Crippen molar-refractivity contribution in [1.82, 2.24) is 15.0 Å². The van der Waals surface area contributed by atoms with Crippen LogP contribution in [0.25, 0.3) is 78.4 Å². The molecule has 1 aliphatic heterocycles. The number of hydrogen-bond donors (Lipinski definition) is 0. The number of fused-ring (bicyclic) bond motifs is 17. The molecule has 7 aromatic carbocycles. The SMILES string of the molecule is c1ccc(-c2nc3nc(n2)-c2cccc(c2)-c2cccc(c2)N(c2ccc4oc5ccccc5c4c2)c2cccc(c2)-c2cccc-3c2)cc1. The molecule has 5 heteroatoms. The van der Waals surface area contributed by atoms with Crippen LogP contribution < -0.4 is 4.90 Å². The lowest BCUT2D eigenvalue weighted by molar-refractivity contribution is 0.669. The smallest absolute Gasteiger partial charge is 0.164 e. The third-order valence-corrected chi connectivity index (χ3v) is 9.40. The fourth-order valence-electron chi connectivity index (χ4n) is 6.98. The molecule has 2 aromatic heterocycles. The topological polar surface area (TPSA) is 55.1 Å². The average Bonchev–Trinajstić information content (AvgIpc) is 3.56. The first-order valence-corrected chi connectivity index (χ1v) is 16.7. The van der Waals surface area contributed by atoms with E-state index in [1.54, 1.807) is 0 Å². The number of furan rings is 1. The van der Waals surface area contributed by atoms with Crippen LogP contribution >= 0.6 is 0 Å². The van der Waals surface area contributed by atoms with Gasteiger partial charge < -0.3 is 9.32 Å². The first-order chi connectivity index (χ1) is 24.7. The van der Waals surface area contributed by atoms with Crippen molar-refractivity contribution in [3.63, 3.8) is 0 Å². The molecular weight excluding hydrogens is 613 g/mol. The Labute approximate surface area is 288 Å². The molecule has 0 unspecified atom stereocenters. The molecular formula is C45H28N4O. The third kappa shape index (κ3) is 4.83. The molecule has 50 heavy (non-hydrogen) atoms. The number of hydrogen-bond acceptors (Lipinski definition) is 5. The number of anilines is 3. The van der Waals surface area contributed by atoms with Crippen LogP contribution in [0.5, 0.6) is 0 Å². The Balaban J connectivity index is 1.23. The highest BCUT2D eigenvalue weighted by Gasteiger charge is 2.19. The van der Waals surface area contributed by atoms with Gasteiger partial charge in [0, 0.05) is 44.5 Å². The highest BCUT2D eigenvalue weighted by atomic mass is 16.3. The van der Waals surface area contributed by atoms with E-state index in [4.69, 9.17) is 19.4 Å². The monoisotopic (exact) mass is 640 g/mol. The summed E-state index contributed by atoms with van der Waals surface area (Å²) in [5, 5.41) is 2.19. The summed E-state index contributed by atoms with van der Waals surface area (Å²) in [6, 6.07) is 59.1. The Morgan fingerprint density at radius 1 is 0.320 bits per heavy atom. The maximum Gasteiger partial charge on any atom is 0.164 e. The van der Waals surface area contributed by atoms with E-state index in [9.17, 15) is 0 Å². The highest BCUT2D eigenvalue weighted by molar-refractivity contribution is 6.06. The average molecular weight is 641 g/mol. The normalized spacial score (nSPS) is 12.0. The molecule has 9 aromatic rings. The largest absolute Gasteiger partial charge is 0.456 e. The molecule has 0 spiro atoms. The molecule has 3 heterocycles. The molecule has 0 N–H and O–H groups in total. The summed E-state index contributed by atoms with van der Waals surface area (Å²) in [5.74, 6) is 1.91. The standard InChI is InChI=1S/C45H28N4O/c1-2-10-29(11-3-1)43-46-44-34-16-6-12-30(24-34)32-14-8-18-36(26-32)49(38-22-23-42-40(28-38)39-20-4-5-21-41(39)50-42)37-19-9-15-33(27-37)31-13-7-17-35(25-31)45(47-43)48-44/h1-28H. The van der Waals surface area contributed by atoms with Crippen molar-refractivity contribution in [1.29, 1.82) is 0 Å². The van der Waals surface area contributed by atoms with E-state index in [2.05, 4.69) is 132 Å². The van der Waals surface area contributed by atoms with Gasteiger partial charge in [-0.25, -0.2) is 15.0 Å². The Morgan fingerprint density at radius 2 is 0.780 bits per heavy atom. The summed E-state index contributed by atoms with van der Waals surface area (Å²) in [7, 11) is 0. The van der Waals surface area contributed by atoms with E-state index in [0.29, 0.717) is 17.5 Å². The van der Waals surface area contributed by atoms with Gasteiger partial charge in [-0.05, 0) is 82.9 Å². The highest BCUT2D eigenvalue weighted by Crippen LogP contribution is 2.41. The molecule has 0 saturated carbocycles. The van der Waals surface area contributed by atoms with E-state index in [1.165, 1.54) is 0 Å². The molecule has 0 fully saturated rings. The third-order valence-electron chi connectivity index (χ3n) is 9.40. The van der Waals surface area contributed by atoms with Crippen molar-refractivity contribution in [3.05, 3.63) is 170 Å². The van der Waals surface area contributed by atoms with Gasteiger partial charge in [-0.1, -0.05) is 109 Å². The molecule has 1 aliphatic rings. The summed E-state index contributed by atoms with van der Waals surface area (Å²) in [4.78, 5) is 17.4. The lowest BCUT2D eigenvalue weighted by atomic mass is 9.99. The van der Waals surface area contributed by atoms with Gasteiger partial charge in [0.15, 0.2) is 17.5 Å². The van der Waals surface area contributed by atoms with Crippen LogP contribution in [-0.4, -0.2) is 15.0 Å². The molecule has 0 aliphatic carbocycles. The summed E-state index contributed by atoms with van der Waals surface area (Å²) < 4.78 is 6.21. The summed E-state index contributed by atoms with van der Waals surface area (Å²) in [6.07, 6.45) is 0. The number of rotatable bonds is 2. The minimum absolute atomic E-state index is 0.633. The molecule has 0 atom stereocenters. The Morgan fingerprint density at radius 3 is 1.42 bits per heavy atom. The minimum atomic E-state index is 0.633. The number of nitrogens with zero attached hydrogens (tertiary/aromatic N) is 4. The molecule has 0 saturated heterocycles. The second-order valence-corrected chi connectivity index (χ2v) is 12.5. The zero-order valence-electron chi connectivity index (χ0n) is 26.9. The van der Waals surface area contributed by atoms with Gasteiger partial charge in [0.05, 0.1) is 0 Å². The van der Waals surface area contributed by atoms with Crippen molar-refractivity contribution >= 4 is 39.0 Å². The summed E-state index contributed by atoms with van der Waals surface area (Å²) >= 11 is 0. The fraction of sp³-hybridized carbons (Fsp3) is 0. The summed E-state index contributed by atoms with van der Waals surface area (Å²) in [5.41, 5.74) is 12.0. The fourth-order valence-corrected chi connectivity index (χ4v) is 6.98. The quantitative estimate of drug-likeness (QED) is 0.188.